The third-order valence-corrected chi connectivity index (χ3v) is 4.33. The summed E-state index contributed by atoms with van der Waals surface area (Å²) < 4.78 is 12.8. The number of hydrogen-bond acceptors (Lipinski definition) is 4. The van der Waals surface area contributed by atoms with Gasteiger partial charge >= 0.3 is 0 Å². The highest BCUT2D eigenvalue weighted by atomic mass is 19.1. The molecule has 1 aromatic rings. The molecule has 1 N–H and O–H groups in total. The van der Waals surface area contributed by atoms with Crippen LogP contribution in [-0.4, -0.2) is 54.5 Å². The van der Waals surface area contributed by atoms with Gasteiger partial charge in [-0.05, 0) is 23.6 Å². The molecule has 1 aliphatic rings. The second-order valence-corrected chi connectivity index (χ2v) is 6.53. The summed E-state index contributed by atoms with van der Waals surface area (Å²) in [7, 11) is 0. The van der Waals surface area contributed by atoms with Crippen LogP contribution in [0.1, 0.15) is 19.4 Å². The van der Waals surface area contributed by atoms with E-state index in [0.29, 0.717) is 19.0 Å². The van der Waals surface area contributed by atoms with E-state index in [1.165, 1.54) is 12.1 Å². The molecule has 0 spiro atoms. The highest BCUT2D eigenvalue weighted by Gasteiger charge is 2.26. The molecule has 5 nitrogen and oxygen atoms in total. The first-order valence-electron chi connectivity index (χ1n) is 8.36. The van der Waals surface area contributed by atoms with Gasteiger partial charge in [0.2, 0.25) is 5.91 Å². The Kier molecular flexibility index (Phi) is 6.71. The predicted molar refractivity (Wildman–Crippen MR) is 90.5 cm³/mol. The molecule has 1 aromatic carbocycles. The minimum Gasteiger partial charge on any atom is -0.351 e. The maximum absolute atomic E-state index is 12.8. The van der Waals surface area contributed by atoms with Crippen molar-refractivity contribution in [3.63, 3.8) is 0 Å². The lowest BCUT2D eigenvalue weighted by molar-refractivity contribution is -0.122. The van der Waals surface area contributed by atoms with E-state index in [1.807, 2.05) is 0 Å². The fourth-order valence-corrected chi connectivity index (χ4v) is 2.91. The second kappa shape index (κ2) is 8.76. The maximum atomic E-state index is 12.8. The fraction of sp³-hybridized carbons (Fsp3) is 0.556. The molecule has 1 fully saturated rings. The maximum Gasteiger partial charge on any atom is 0.234 e. The van der Waals surface area contributed by atoms with Crippen LogP contribution in [0.5, 0.6) is 0 Å². The number of nitrogens with zero attached hydrogens (tertiary/aromatic N) is 3. The van der Waals surface area contributed by atoms with Crippen molar-refractivity contribution < 1.29 is 9.18 Å². The van der Waals surface area contributed by atoms with Crippen LogP contribution in [0.4, 0.5) is 4.39 Å². The van der Waals surface area contributed by atoms with E-state index in [4.69, 9.17) is 0 Å². The zero-order chi connectivity index (χ0) is 17.5. The van der Waals surface area contributed by atoms with E-state index in [0.717, 1.165) is 31.7 Å². The summed E-state index contributed by atoms with van der Waals surface area (Å²) in [5.74, 6) is -0.00551. The van der Waals surface area contributed by atoms with Crippen LogP contribution < -0.4 is 5.32 Å². The van der Waals surface area contributed by atoms with Crippen molar-refractivity contribution >= 4 is 5.91 Å². The summed E-state index contributed by atoms with van der Waals surface area (Å²) in [5.41, 5.74) is 0.878. The van der Waals surface area contributed by atoms with Crippen LogP contribution in [0.2, 0.25) is 0 Å². The third-order valence-electron chi connectivity index (χ3n) is 4.33. The van der Waals surface area contributed by atoms with E-state index in [9.17, 15) is 14.4 Å². The Morgan fingerprint density at radius 3 is 2.42 bits per heavy atom. The molecule has 1 unspecified atom stereocenters. The Labute approximate surface area is 143 Å². The first-order valence-corrected chi connectivity index (χ1v) is 8.36. The lowest BCUT2D eigenvalue weighted by atomic mass is 10.0. The van der Waals surface area contributed by atoms with Crippen LogP contribution in [0.25, 0.3) is 0 Å². The zero-order valence-corrected chi connectivity index (χ0v) is 14.3. The smallest absolute Gasteiger partial charge is 0.234 e. The van der Waals surface area contributed by atoms with Gasteiger partial charge in [0.25, 0.3) is 0 Å². The Bertz CT molecular complexity index is 574. The molecular formula is C18H25FN4O. The van der Waals surface area contributed by atoms with E-state index >= 15 is 0 Å². The lowest BCUT2D eigenvalue weighted by Crippen LogP contribution is -2.53. The van der Waals surface area contributed by atoms with Crippen LogP contribution in [0.15, 0.2) is 24.3 Å². The average Bonchev–Trinajstić information content (AvgIpc) is 2.56. The molecule has 1 amide bonds. The number of nitrogens with one attached hydrogen (secondary N) is 1. The number of hydrogen-bond donors (Lipinski definition) is 1. The van der Waals surface area contributed by atoms with Crippen molar-refractivity contribution in [1.29, 1.82) is 5.26 Å². The number of carbonyl (C=O) groups excluding carboxylic acids is 1. The topological polar surface area (TPSA) is 59.4 Å². The molecule has 0 bridgehead atoms. The highest BCUT2D eigenvalue weighted by Crippen LogP contribution is 2.13. The summed E-state index contributed by atoms with van der Waals surface area (Å²) in [6.07, 6.45) is 0. The molecular weight excluding hydrogens is 307 g/mol. The van der Waals surface area contributed by atoms with Gasteiger partial charge in [-0.15, -0.1) is 0 Å². The van der Waals surface area contributed by atoms with Gasteiger partial charge in [-0.3, -0.25) is 14.6 Å². The van der Waals surface area contributed by atoms with Gasteiger partial charge < -0.3 is 5.32 Å². The minimum atomic E-state index is -0.278. The molecule has 1 atom stereocenters. The normalized spacial score (nSPS) is 17.5. The standard InChI is InChI=1S/C18H25FN4O/c1-14(2)17(11-20)23-9-7-22(8-10-23)13-18(24)21-12-15-3-5-16(19)6-4-15/h3-6,14,17H,7-10,12-13H2,1-2H3,(H,21,24). The Morgan fingerprint density at radius 2 is 1.88 bits per heavy atom. The van der Waals surface area contributed by atoms with Crippen LogP contribution >= 0.6 is 0 Å². The van der Waals surface area contributed by atoms with E-state index < -0.39 is 0 Å². The first-order chi connectivity index (χ1) is 11.5. The molecule has 2 rings (SSSR count). The van der Waals surface area contributed by atoms with Gasteiger partial charge in [-0.25, -0.2) is 4.39 Å². The molecule has 0 aromatic heterocycles. The van der Waals surface area contributed by atoms with Crippen LogP contribution in [0, 0.1) is 23.1 Å². The summed E-state index contributed by atoms with van der Waals surface area (Å²) >= 11 is 0. The monoisotopic (exact) mass is 332 g/mol. The number of amides is 1. The van der Waals surface area contributed by atoms with E-state index in [2.05, 4.69) is 35.0 Å². The highest BCUT2D eigenvalue weighted by molar-refractivity contribution is 5.78. The molecule has 0 saturated carbocycles. The van der Waals surface area contributed by atoms with Gasteiger partial charge in [0.05, 0.1) is 12.6 Å². The van der Waals surface area contributed by atoms with Gasteiger partial charge in [-0.1, -0.05) is 26.0 Å². The van der Waals surface area contributed by atoms with Gasteiger partial charge in [0, 0.05) is 32.7 Å². The average molecular weight is 332 g/mol. The Morgan fingerprint density at radius 1 is 1.25 bits per heavy atom. The number of piperazine rings is 1. The molecule has 0 radical (unpaired) electrons. The number of rotatable bonds is 6. The number of carbonyl (C=O) groups is 1. The SMILES string of the molecule is CC(C)C(C#N)N1CCN(CC(=O)NCc2ccc(F)cc2)CC1. The second-order valence-electron chi connectivity index (χ2n) is 6.53. The van der Waals surface area contributed by atoms with Crippen molar-refractivity contribution in [3.8, 4) is 6.07 Å². The Hall–Kier alpha value is -1.97. The van der Waals surface area contributed by atoms with Crippen LogP contribution in [0.3, 0.4) is 0 Å². The van der Waals surface area contributed by atoms with E-state index in [-0.39, 0.29) is 17.8 Å². The summed E-state index contributed by atoms with van der Waals surface area (Å²) in [5, 5.41) is 12.1. The molecule has 6 heteroatoms. The molecule has 1 saturated heterocycles. The Balaban J connectivity index is 1.72. The van der Waals surface area contributed by atoms with Crippen molar-refractivity contribution in [1.82, 2.24) is 15.1 Å². The molecule has 130 valence electrons. The molecule has 1 aliphatic heterocycles. The quantitative estimate of drug-likeness (QED) is 0.860. The summed E-state index contributed by atoms with van der Waals surface area (Å²) in [6, 6.07) is 8.43. The third kappa shape index (κ3) is 5.29. The van der Waals surface area contributed by atoms with Gasteiger partial charge in [0.15, 0.2) is 0 Å². The number of halogens is 1. The van der Waals surface area contributed by atoms with Crippen molar-refractivity contribution in [3.05, 3.63) is 35.6 Å². The number of nitriles is 1. The van der Waals surface area contributed by atoms with Gasteiger partial charge in [-0.2, -0.15) is 5.26 Å². The minimum absolute atomic E-state index is 0.0338. The fourth-order valence-electron chi connectivity index (χ4n) is 2.91. The molecule has 0 aliphatic carbocycles. The zero-order valence-electron chi connectivity index (χ0n) is 14.3. The molecule has 24 heavy (non-hydrogen) atoms. The summed E-state index contributed by atoms with van der Waals surface area (Å²) in [6.45, 7) is 8.07. The van der Waals surface area contributed by atoms with Crippen LogP contribution in [-0.2, 0) is 11.3 Å². The van der Waals surface area contributed by atoms with Crippen molar-refractivity contribution in [2.24, 2.45) is 5.92 Å². The largest absolute Gasteiger partial charge is 0.351 e. The summed E-state index contributed by atoms with van der Waals surface area (Å²) in [4.78, 5) is 16.3. The first kappa shape index (κ1) is 18.4. The van der Waals surface area contributed by atoms with E-state index in [1.54, 1.807) is 12.1 Å². The van der Waals surface area contributed by atoms with Crippen molar-refractivity contribution in [2.45, 2.75) is 26.4 Å². The predicted octanol–water partition coefficient (Wildman–Crippen LogP) is 1.61. The number of benzene rings is 1. The lowest BCUT2D eigenvalue weighted by Gasteiger charge is -2.37. The molecule has 1 heterocycles. The van der Waals surface area contributed by atoms with Crippen molar-refractivity contribution in [2.75, 3.05) is 32.7 Å². The van der Waals surface area contributed by atoms with Gasteiger partial charge in [0.1, 0.15) is 11.9 Å².